The quantitative estimate of drug-likeness (QED) is 0.199. The van der Waals surface area contributed by atoms with Gasteiger partial charge in [0.1, 0.15) is 11.6 Å². The summed E-state index contributed by atoms with van der Waals surface area (Å²) in [6, 6.07) is 6.00. The first-order chi connectivity index (χ1) is 19.9. The van der Waals surface area contributed by atoms with E-state index >= 15 is 0 Å². The molecule has 6 nitrogen and oxygen atoms in total. The number of rotatable bonds is 7. The summed E-state index contributed by atoms with van der Waals surface area (Å²) in [4.78, 5) is 2.03. The molecule has 4 aromatic rings. The maximum atomic E-state index is 14.3. The van der Waals surface area contributed by atoms with Crippen LogP contribution >= 0.6 is 0 Å². The van der Waals surface area contributed by atoms with Gasteiger partial charge in [0.2, 0.25) is 0 Å². The van der Waals surface area contributed by atoms with E-state index in [2.05, 4.69) is 15.4 Å². The third-order valence-electron chi connectivity index (χ3n) is 6.37. The maximum absolute atomic E-state index is 14.3. The predicted molar refractivity (Wildman–Crippen MR) is 133 cm³/mol. The molecule has 0 aliphatic rings. The first kappa shape index (κ1) is 31.6. The lowest BCUT2D eigenvalue weighted by Crippen LogP contribution is -2.25. The average molecular weight is 621 g/mol. The van der Waals surface area contributed by atoms with Crippen LogP contribution < -0.4 is 9.64 Å². The smallest absolute Gasteiger partial charge is 0.416 e. The van der Waals surface area contributed by atoms with Crippen LogP contribution in [0.5, 0.6) is 5.75 Å². The van der Waals surface area contributed by atoms with Crippen LogP contribution in [0.1, 0.15) is 33.4 Å². The van der Waals surface area contributed by atoms with Crippen molar-refractivity contribution in [2.45, 2.75) is 38.5 Å². The summed E-state index contributed by atoms with van der Waals surface area (Å²) in [5.41, 5.74) is -4.34. The number of benzene rings is 3. The van der Waals surface area contributed by atoms with Gasteiger partial charge in [-0.15, -0.1) is 5.10 Å². The van der Waals surface area contributed by atoms with Crippen molar-refractivity contribution in [3.63, 3.8) is 0 Å². The molecule has 4 rings (SSSR count). The number of tetrazole rings is 1. The van der Waals surface area contributed by atoms with E-state index in [1.807, 2.05) is 0 Å². The monoisotopic (exact) mass is 621 g/mol. The van der Waals surface area contributed by atoms with Gasteiger partial charge in [0.05, 0.1) is 30.8 Å². The molecule has 1 aromatic heterocycles. The predicted octanol–water partition coefficient (Wildman–Crippen LogP) is 7.60. The van der Waals surface area contributed by atoms with Crippen molar-refractivity contribution < 1.29 is 48.6 Å². The van der Waals surface area contributed by atoms with Gasteiger partial charge in [-0.05, 0) is 70.8 Å². The van der Waals surface area contributed by atoms with Crippen LogP contribution in [0, 0.1) is 12.7 Å². The number of methoxy groups -OCH3 is 1. The van der Waals surface area contributed by atoms with E-state index in [9.17, 15) is 43.9 Å². The molecular weight excluding hydrogens is 600 g/mol. The SMILES string of the molecule is COc1cc(F)c(C)cc1-c1ccc(C(F)(F)F)cc1CN(Cc1cc(C(F)(F)F)cc(C(F)(F)F)c1)c1nnn(C)n1. The highest BCUT2D eigenvalue weighted by atomic mass is 19.4. The third-order valence-corrected chi connectivity index (χ3v) is 6.37. The summed E-state index contributed by atoms with van der Waals surface area (Å²) in [6.45, 7) is 0.194. The molecule has 3 aromatic carbocycles. The molecule has 0 bridgehead atoms. The van der Waals surface area contributed by atoms with Gasteiger partial charge >= 0.3 is 18.5 Å². The van der Waals surface area contributed by atoms with Crippen molar-refractivity contribution in [1.82, 2.24) is 20.2 Å². The van der Waals surface area contributed by atoms with Crippen LogP contribution in [0.2, 0.25) is 0 Å². The zero-order chi connectivity index (χ0) is 31.9. The van der Waals surface area contributed by atoms with Crippen LogP contribution in [-0.2, 0) is 38.7 Å². The number of aromatic nitrogens is 4. The maximum Gasteiger partial charge on any atom is 0.416 e. The van der Waals surface area contributed by atoms with Crippen LogP contribution in [-0.4, -0.2) is 27.3 Å². The summed E-state index contributed by atoms with van der Waals surface area (Å²) in [5, 5.41) is 11.4. The van der Waals surface area contributed by atoms with E-state index in [1.54, 1.807) is 0 Å². The molecule has 230 valence electrons. The van der Waals surface area contributed by atoms with E-state index in [0.29, 0.717) is 12.1 Å². The third kappa shape index (κ3) is 7.17. The molecule has 16 heteroatoms. The Morgan fingerprint density at radius 3 is 1.88 bits per heavy atom. The van der Waals surface area contributed by atoms with E-state index in [0.717, 1.165) is 34.0 Å². The standard InChI is InChI=1S/C27H21F10N5O/c1-14-6-21(23(43-3)11-22(14)28)20-5-4-17(25(29,30)31)9-16(20)13-42(24-38-40-41(2)39-24)12-15-7-18(26(32,33)34)10-19(8-15)27(35,36)37/h4-11H,12-13H2,1-3H3. The second-order valence-electron chi connectivity index (χ2n) is 9.52. The van der Waals surface area contributed by atoms with Gasteiger partial charge in [-0.25, -0.2) is 4.39 Å². The molecule has 0 spiro atoms. The highest BCUT2D eigenvalue weighted by molar-refractivity contribution is 5.75. The average Bonchev–Trinajstić information content (AvgIpc) is 3.34. The van der Waals surface area contributed by atoms with Gasteiger partial charge in [0.15, 0.2) is 0 Å². The zero-order valence-corrected chi connectivity index (χ0v) is 22.5. The van der Waals surface area contributed by atoms with Crippen molar-refractivity contribution in [2.75, 3.05) is 12.0 Å². The van der Waals surface area contributed by atoms with Crippen molar-refractivity contribution in [3.05, 3.63) is 87.7 Å². The van der Waals surface area contributed by atoms with E-state index in [4.69, 9.17) is 4.74 Å². The summed E-state index contributed by atoms with van der Waals surface area (Å²) < 4.78 is 142. The second kappa shape index (κ2) is 11.4. The van der Waals surface area contributed by atoms with Gasteiger partial charge in [-0.3, -0.25) is 0 Å². The zero-order valence-electron chi connectivity index (χ0n) is 22.5. The number of nitrogens with zero attached hydrogens (tertiary/aromatic N) is 5. The Hall–Kier alpha value is -4.37. The number of aryl methyl sites for hydroxylation is 2. The molecule has 0 amide bonds. The van der Waals surface area contributed by atoms with E-state index in [1.165, 1.54) is 27.1 Å². The molecule has 0 atom stereocenters. The fourth-order valence-corrected chi connectivity index (χ4v) is 4.34. The van der Waals surface area contributed by atoms with Gasteiger partial charge in [-0.1, -0.05) is 11.2 Å². The van der Waals surface area contributed by atoms with E-state index in [-0.39, 0.29) is 40.0 Å². The van der Waals surface area contributed by atoms with E-state index < -0.39 is 59.7 Å². The fourth-order valence-electron chi connectivity index (χ4n) is 4.34. The first-order valence-corrected chi connectivity index (χ1v) is 12.2. The second-order valence-corrected chi connectivity index (χ2v) is 9.52. The fraction of sp³-hybridized carbons (Fsp3) is 0.296. The molecule has 1 heterocycles. The van der Waals surface area contributed by atoms with Gasteiger partial charge in [0, 0.05) is 24.7 Å². The lowest BCUT2D eigenvalue weighted by atomic mass is 9.94. The number of hydrogen-bond acceptors (Lipinski definition) is 5. The Morgan fingerprint density at radius 1 is 0.767 bits per heavy atom. The minimum atomic E-state index is -5.13. The largest absolute Gasteiger partial charge is 0.496 e. The Kier molecular flexibility index (Phi) is 8.35. The summed E-state index contributed by atoms with van der Waals surface area (Å²) in [6.07, 6.45) is -15.1. The molecule has 43 heavy (non-hydrogen) atoms. The van der Waals surface area contributed by atoms with Crippen molar-refractivity contribution >= 4 is 5.95 Å². The molecule has 0 unspecified atom stereocenters. The van der Waals surface area contributed by atoms with Crippen LogP contribution in [0.25, 0.3) is 11.1 Å². The highest BCUT2D eigenvalue weighted by Crippen LogP contribution is 2.40. The molecule has 0 saturated carbocycles. The van der Waals surface area contributed by atoms with Gasteiger partial charge in [0.25, 0.3) is 5.95 Å². The molecule has 0 radical (unpaired) electrons. The number of halogens is 10. The molecule has 0 fully saturated rings. The molecule has 0 saturated heterocycles. The number of alkyl halides is 9. The van der Waals surface area contributed by atoms with Crippen LogP contribution in [0.15, 0.2) is 48.5 Å². The Balaban J connectivity index is 1.90. The molecule has 0 aliphatic carbocycles. The summed E-state index contributed by atoms with van der Waals surface area (Å²) >= 11 is 0. The Labute approximate surface area is 237 Å². The van der Waals surface area contributed by atoms with Gasteiger partial charge < -0.3 is 9.64 Å². The molecule has 0 N–H and O–H groups in total. The minimum Gasteiger partial charge on any atom is -0.496 e. The number of anilines is 1. The lowest BCUT2D eigenvalue weighted by Gasteiger charge is -2.25. The first-order valence-electron chi connectivity index (χ1n) is 12.2. The molecule has 0 aliphatic heterocycles. The van der Waals surface area contributed by atoms with Crippen molar-refractivity contribution in [2.24, 2.45) is 7.05 Å². The summed E-state index contributed by atoms with van der Waals surface area (Å²) in [5.74, 6) is -0.968. The van der Waals surface area contributed by atoms with Crippen LogP contribution in [0.4, 0.5) is 49.9 Å². The minimum absolute atomic E-state index is 0.0269. The Bertz CT molecular complexity index is 1590. The highest BCUT2D eigenvalue weighted by Gasteiger charge is 2.37. The number of ether oxygens (including phenoxy) is 1. The van der Waals surface area contributed by atoms with Crippen molar-refractivity contribution in [3.8, 4) is 16.9 Å². The lowest BCUT2D eigenvalue weighted by molar-refractivity contribution is -0.143. The van der Waals surface area contributed by atoms with Crippen molar-refractivity contribution in [1.29, 1.82) is 0 Å². The van der Waals surface area contributed by atoms with Gasteiger partial charge in [-0.2, -0.15) is 44.3 Å². The number of hydrogen-bond donors (Lipinski definition) is 0. The topological polar surface area (TPSA) is 56.1 Å². The van der Waals surface area contributed by atoms with Crippen LogP contribution in [0.3, 0.4) is 0 Å². The summed E-state index contributed by atoms with van der Waals surface area (Å²) in [7, 11) is 2.56. The molecular formula is C27H21F10N5O. The normalized spacial score (nSPS) is 12.5. The Morgan fingerprint density at radius 2 is 1.37 bits per heavy atom.